The van der Waals surface area contributed by atoms with Gasteiger partial charge in [-0.05, 0) is 23.9 Å². The zero-order valence-corrected chi connectivity index (χ0v) is 22.0. The van der Waals surface area contributed by atoms with E-state index in [2.05, 4.69) is 47.0 Å². The van der Waals surface area contributed by atoms with Gasteiger partial charge in [0.2, 0.25) is 0 Å². The Morgan fingerprint density at radius 3 is 1.83 bits per heavy atom. The molecule has 0 fully saturated rings. The third-order valence-corrected chi connectivity index (χ3v) is 5.27. The minimum atomic E-state index is -0.0271. The van der Waals surface area contributed by atoms with E-state index in [1.54, 1.807) is 6.07 Å². The van der Waals surface area contributed by atoms with E-state index in [0.717, 1.165) is 33.8 Å². The van der Waals surface area contributed by atoms with E-state index in [9.17, 15) is 0 Å². The van der Waals surface area contributed by atoms with Crippen molar-refractivity contribution in [1.29, 1.82) is 0 Å². The minimum Gasteiger partial charge on any atom is -0.390 e. The van der Waals surface area contributed by atoms with Gasteiger partial charge in [0, 0.05) is 43.9 Å². The summed E-state index contributed by atoms with van der Waals surface area (Å²) in [6.45, 7) is 4.16. The Morgan fingerprint density at radius 2 is 1.31 bits per heavy atom. The van der Waals surface area contributed by atoms with Gasteiger partial charge in [-0.15, -0.1) is 59.2 Å². The Bertz CT molecular complexity index is 1280. The first kappa shape index (κ1) is 26.1. The molecule has 0 saturated heterocycles. The number of hydrogen-bond acceptors (Lipinski definition) is 4. The average Bonchev–Trinajstić information content (AvgIpc) is 2.91. The number of nitrogens with zero attached hydrogens (tertiary/aromatic N) is 3. The largest absolute Gasteiger partial charge is 0.390 e. The zero-order chi connectivity index (χ0) is 23.8. The molecule has 0 spiro atoms. The Balaban J connectivity index is 0.000000202. The van der Waals surface area contributed by atoms with Crippen LogP contribution in [-0.2, 0) is 26.7 Å². The van der Waals surface area contributed by atoms with E-state index in [1.807, 2.05) is 85.2 Å². The fourth-order valence-corrected chi connectivity index (χ4v) is 3.61. The van der Waals surface area contributed by atoms with Crippen molar-refractivity contribution in [3.8, 4) is 33.8 Å². The van der Waals surface area contributed by atoms with Crippen LogP contribution in [0.2, 0.25) is 0 Å². The van der Waals surface area contributed by atoms with Crippen LogP contribution in [-0.4, -0.2) is 20.1 Å². The van der Waals surface area contributed by atoms with Crippen LogP contribution in [0.5, 0.6) is 0 Å². The molecule has 0 atom stereocenters. The summed E-state index contributed by atoms with van der Waals surface area (Å²) in [5.41, 5.74) is 8.81. The van der Waals surface area contributed by atoms with E-state index in [0.29, 0.717) is 5.69 Å². The van der Waals surface area contributed by atoms with Gasteiger partial charge in [0.15, 0.2) is 0 Å². The van der Waals surface area contributed by atoms with Crippen molar-refractivity contribution in [3.63, 3.8) is 0 Å². The second kappa shape index (κ2) is 12.8. The van der Waals surface area contributed by atoms with Gasteiger partial charge >= 0.3 is 0 Å². The summed E-state index contributed by atoms with van der Waals surface area (Å²) in [6, 6.07) is 33.9. The van der Waals surface area contributed by atoms with Crippen molar-refractivity contribution in [2.45, 2.75) is 20.5 Å². The van der Waals surface area contributed by atoms with Gasteiger partial charge in [0.1, 0.15) is 0 Å². The van der Waals surface area contributed by atoms with Gasteiger partial charge < -0.3 is 5.11 Å². The van der Waals surface area contributed by atoms with Crippen LogP contribution < -0.4 is 0 Å². The second-order valence-corrected chi connectivity index (χ2v) is 7.76. The summed E-state index contributed by atoms with van der Waals surface area (Å²) in [5.74, 6) is 0. The maximum atomic E-state index is 8.94. The van der Waals surface area contributed by atoms with E-state index < -0.39 is 0 Å². The SMILES string of the molecule is Cc1cc(C)c(-c2ccccn2)[c-]c1-c1ccccn1.OCc1cccc(-c2[c-]cccc2)n1.[Ir]. The minimum absolute atomic E-state index is 0. The molecular weight excluding hydrogens is 611 g/mol. The molecule has 5 aromatic rings. The summed E-state index contributed by atoms with van der Waals surface area (Å²) >= 11 is 0. The standard InChI is InChI=1S/C18H15N2.C12H10NO.Ir/c1-13-11-14(2)16(18-8-4-6-10-20-18)12-15(13)17-7-3-5-9-19-17;14-9-11-7-4-8-12(13-11)10-5-2-1-3-6-10;/h3-11H,1-2H3;1-5,7-8,14H,9H2;/q2*-1;. The Kier molecular flexibility index (Phi) is 9.56. The molecule has 0 aliphatic heterocycles. The maximum Gasteiger partial charge on any atom is 0.0843 e. The topological polar surface area (TPSA) is 58.9 Å². The number of benzene rings is 2. The first-order valence-electron chi connectivity index (χ1n) is 11.1. The van der Waals surface area contributed by atoms with E-state index >= 15 is 0 Å². The summed E-state index contributed by atoms with van der Waals surface area (Å²) < 4.78 is 0. The molecule has 3 aromatic heterocycles. The summed E-state index contributed by atoms with van der Waals surface area (Å²) in [4.78, 5) is 13.1. The number of aliphatic hydroxyl groups excluding tert-OH is 1. The molecule has 0 bridgehead atoms. The van der Waals surface area contributed by atoms with Gasteiger partial charge in [-0.2, -0.15) is 0 Å². The number of aliphatic hydroxyl groups is 1. The van der Waals surface area contributed by atoms with Gasteiger partial charge in [-0.1, -0.05) is 61.4 Å². The average molecular weight is 636 g/mol. The van der Waals surface area contributed by atoms with Crippen molar-refractivity contribution in [3.05, 3.63) is 126 Å². The number of rotatable bonds is 4. The van der Waals surface area contributed by atoms with Crippen LogP contribution in [0.25, 0.3) is 33.8 Å². The molecule has 0 saturated carbocycles. The molecule has 0 unspecified atom stereocenters. The number of hydrogen-bond donors (Lipinski definition) is 1. The van der Waals surface area contributed by atoms with Crippen molar-refractivity contribution in [1.82, 2.24) is 15.0 Å². The Hall–Kier alpha value is -3.50. The van der Waals surface area contributed by atoms with Crippen LogP contribution in [0.1, 0.15) is 16.8 Å². The molecule has 5 rings (SSSR count). The smallest absolute Gasteiger partial charge is 0.0843 e. The first-order chi connectivity index (χ1) is 16.7. The van der Waals surface area contributed by atoms with Crippen LogP contribution in [0.3, 0.4) is 0 Å². The predicted molar refractivity (Wildman–Crippen MR) is 136 cm³/mol. The van der Waals surface area contributed by atoms with Crippen molar-refractivity contribution < 1.29 is 25.2 Å². The number of aryl methyl sites for hydroxylation is 2. The van der Waals surface area contributed by atoms with E-state index in [-0.39, 0.29) is 26.7 Å². The first-order valence-corrected chi connectivity index (χ1v) is 11.1. The predicted octanol–water partition coefficient (Wildman–Crippen LogP) is 6.27. The molecular formula is C30H25IrN3O-2. The fraction of sp³-hybridized carbons (Fsp3) is 0.100. The molecule has 2 aromatic carbocycles. The van der Waals surface area contributed by atoms with Crippen molar-refractivity contribution >= 4 is 0 Å². The fourth-order valence-electron chi connectivity index (χ4n) is 3.61. The molecule has 4 nitrogen and oxygen atoms in total. The maximum absolute atomic E-state index is 8.94. The van der Waals surface area contributed by atoms with Gasteiger partial charge in [0.25, 0.3) is 0 Å². The Morgan fingerprint density at radius 1 is 0.714 bits per heavy atom. The summed E-state index contributed by atoms with van der Waals surface area (Å²) in [6.07, 6.45) is 3.62. The number of pyridine rings is 3. The van der Waals surface area contributed by atoms with Crippen LogP contribution in [0, 0.1) is 26.0 Å². The summed E-state index contributed by atoms with van der Waals surface area (Å²) in [7, 11) is 0. The Labute approximate surface area is 220 Å². The van der Waals surface area contributed by atoms with Crippen LogP contribution >= 0.6 is 0 Å². The van der Waals surface area contributed by atoms with Gasteiger partial charge in [-0.25, -0.2) is 0 Å². The summed E-state index contributed by atoms with van der Waals surface area (Å²) in [5, 5.41) is 8.94. The number of aromatic nitrogens is 3. The van der Waals surface area contributed by atoms with Crippen molar-refractivity contribution in [2.75, 3.05) is 0 Å². The quantitative estimate of drug-likeness (QED) is 0.237. The zero-order valence-electron chi connectivity index (χ0n) is 19.6. The molecule has 5 heteroatoms. The third kappa shape index (κ3) is 6.77. The molecule has 0 aliphatic rings. The van der Waals surface area contributed by atoms with Gasteiger partial charge in [-0.3, -0.25) is 15.0 Å². The van der Waals surface area contributed by atoms with Crippen LogP contribution in [0.4, 0.5) is 0 Å². The molecule has 3 heterocycles. The molecule has 0 amide bonds. The third-order valence-electron chi connectivity index (χ3n) is 5.27. The van der Waals surface area contributed by atoms with Gasteiger partial charge in [0.05, 0.1) is 12.3 Å². The molecule has 1 N–H and O–H groups in total. The van der Waals surface area contributed by atoms with E-state index in [1.165, 1.54) is 11.1 Å². The van der Waals surface area contributed by atoms with Crippen molar-refractivity contribution in [2.24, 2.45) is 0 Å². The monoisotopic (exact) mass is 636 g/mol. The molecule has 177 valence electrons. The molecule has 1 radical (unpaired) electrons. The normalized spacial score (nSPS) is 10.0. The molecule has 35 heavy (non-hydrogen) atoms. The second-order valence-electron chi connectivity index (χ2n) is 7.76. The molecule has 0 aliphatic carbocycles. The van der Waals surface area contributed by atoms with Crippen LogP contribution in [0.15, 0.2) is 97.3 Å². The van der Waals surface area contributed by atoms with E-state index in [4.69, 9.17) is 5.11 Å².